The lowest BCUT2D eigenvalue weighted by Gasteiger charge is -1.97. The zero-order valence-corrected chi connectivity index (χ0v) is 8.17. The Morgan fingerprint density at radius 1 is 1.31 bits per heavy atom. The van der Waals surface area contributed by atoms with Gasteiger partial charge in [-0.05, 0) is 18.6 Å². The minimum Gasteiger partial charge on any atom is -0.389 e. The highest BCUT2D eigenvalue weighted by Crippen LogP contribution is 2.05. The first kappa shape index (κ1) is 9.59. The van der Waals surface area contributed by atoms with Gasteiger partial charge in [0.05, 0.1) is 0 Å². The molecule has 1 aromatic carbocycles. The largest absolute Gasteiger partial charge is 0.389 e. The number of rotatable bonds is 3. The van der Waals surface area contributed by atoms with Gasteiger partial charge in [-0.15, -0.1) is 0 Å². The molecule has 68 valence electrons. The van der Waals surface area contributed by atoms with Crippen molar-refractivity contribution in [3.8, 4) is 0 Å². The third kappa shape index (κ3) is 3.16. The van der Waals surface area contributed by atoms with Crippen molar-refractivity contribution >= 4 is 6.08 Å². The number of benzene rings is 1. The number of hydrogen-bond acceptors (Lipinski definition) is 1. The van der Waals surface area contributed by atoms with Crippen LogP contribution in [0, 0.1) is 6.92 Å². The molecule has 0 aromatic heterocycles. The summed E-state index contributed by atoms with van der Waals surface area (Å²) in [6.07, 6.45) is 4.00. The molecule has 0 spiro atoms. The molecule has 1 N–H and O–H groups in total. The highest BCUT2D eigenvalue weighted by atomic mass is 14.8. The second-order valence-electron chi connectivity index (χ2n) is 3.02. The molecule has 0 heterocycles. The molecular weight excluding hydrogens is 158 g/mol. The van der Waals surface area contributed by atoms with E-state index in [1.807, 2.05) is 19.2 Å². The Kier molecular flexibility index (Phi) is 3.32. The van der Waals surface area contributed by atoms with Gasteiger partial charge in [-0.2, -0.15) is 0 Å². The zero-order chi connectivity index (χ0) is 9.68. The first-order chi connectivity index (χ1) is 6.22. The lowest BCUT2D eigenvalue weighted by molar-refractivity contribution is 1.04. The van der Waals surface area contributed by atoms with Gasteiger partial charge in [-0.25, -0.2) is 0 Å². The Morgan fingerprint density at radius 2 is 1.92 bits per heavy atom. The van der Waals surface area contributed by atoms with Crippen molar-refractivity contribution in [2.45, 2.75) is 6.92 Å². The van der Waals surface area contributed by atoms with Crippen molar-refractivity contribution in [3.05, 3.63) is 53.7 Å². The van der Waals surface area contributed by atoms with Crippen molar-refractivity contribution < 1.29 is 0 Å². The predicted octanol–water partition coefficient (Wildman–Crippen LogP) is 2.74. The Labute approximate surface area is 79.8 Å². The SMILES string of the molecule is C=C(/C=C/c1ccc(C)cc1)NC. The molecule has 0 aliphatic rings. The molecule has 13 heavy (non-hydrogen) atoms. The van der Waals surface area contributed by atoms with E-state index in [1.54, 1.807) is 0 Å². The first-order valence-electron chi connectivity index (χ1n) is 4.34. The fourth-order valence-corrected chi connectivity index (χ4v) is 0.958. The van der Waals surface area contributed by atoms with E-state index < -0.39 is 0 Å². The molecule has 1 aromatic rings. The number of hydrogen-bond donors (Lipinski definition) is 1. The molecule has 1 rings (SSSR count). The topological polar surface area (TPSA) is 12.0 Å². The molecule has 0 aliphatic heterocycles. The monoisotopic (exact) mass is 173 g/mol. The standard InChI is InChI=1S/C12H15N/c1-10-4-7-12(8-5-10)9-6-11(2)13-3/h4-9,13H,2H2,1,3H3/b9-6+. The summed E-state index contributed by atoms with van der Waals surface area (Å²) in [6.45, 7) is 5.89. The lowest BCUT2D eigenvalue weighted by Crippen LogP contribution is -2.00. The molecule has 1 nitrogen and oxygen atoms in total. The third-order valence-electron chi connectivity index (χ3n) is 1.88. The summed E-state index contributed by atoms with van der Waals surface area (Å²) < 4.78 is 0. The van der Waals surface area contributed by atoms with Gasteiger partial charge in [0, 0.05) is 12.7 Å². The van der Waals surface area contributed by atoms with E-state index in [0.717, 1.165) is 5.70 Å². The maximum Gasteiger partial charge on any atom is 0.0264 e. The molecule has 0 bridgehead atoms. The second-order valence-corrected chi connectivity index (χ2v) is 3.02. The molecule has 0 amide bonds. The molecule has 0 unspecified atom stereocenters. The summed E-state index contributed by atoms with van der Waals surface area (Å²) in [5.41, 5.74) is 3.40. The van der Waals surface area contributed by atoms with Crippen LogP contribution in [0.25, 0.3) is 6.08 Å². The van der Waals surface area contributed by atoms with Gasteiger partial charge in [-0.1, -0.05) is 42.5 Å². The van der Waals surface area contributed by atoms with Crippen LogP contribution in [-0.2, 0) is 0 Å². The highest BCUT2D eigenvalue weighted by molar-refractivity contribution is 5.52. The van der Waals surface area contributed by atoms with Crippen LogP contribution in [0.4, 0.5) is 0 Å². The van der Waals surface area contributed by atoms with Gasteiger partial charge in [-0.3, -0.25) is 0 Å². The van der Waals surface area contributed by atoms with Crippen LogP contribution >= 0.6 is 0 Å². The zero-order valence-electron chi connectivity index (χ0n) is 8.17. The van der Waals surface area contributed by atoms with Gasteiger partial charge in [0.2, 0.25) is 0 Å². The maximum absolute atomic E-state index is 3.81. The molecule has 0 aliphatic carbocycles. The van der Waals surface area contributed by atoms with Crippen LogP contribution in [0.2, 0.25) is 0 Å². The van der Waals surface area contributed by atoms with E-state index in [1.165, 1.54) is 11.1 Å². The average Bonchev–Trinajstić information content (AvgIpc) is 2.16. The lowest BCUT2D eigenvalue weighted by atomic mass is 10.1. The van der Waals surface area contributed by atoms with Crippen molar-refractivity contribution in [1.82, 2.24) is 5.32 Å². The van der Waals surface area contributed by atoms with Gasteiger partial charge in [0.15, 0.2) is 0 Å². The van der Waals surface area contributed by atoms with E-state index in [0.29, 0.717) is 0 Å². The Hall–Kier alpha value is -1.50. The van der Waals surface area contributed by atoms with Crippen molar-refractivity contribution in [3.63, 3.8) is 0 Å². The van der Waals surface area contributed by atoms with E-state index in [4.69, 9.17) is 0 Å². The van der Waals surface area contributed by atoms with Crippen LogP contribution in [0.3, 0.4) is 0 Å². The fourth-order valence-electron chi connectivity index (χ4n) is 0.958. The molecule has 1 heteroatoms. The predicted molar refractivity (Wildman–Crippen MR) is 58.4 cm³/mol. The fraction of sp³-hybridized carbons (Fsp3) is 0.167. The van der Waals surface area contributed by atoms with Crippen molar-refractivity contribution in [2.24, 2.45) is 0 Å². The van der Waals surface area contributed by atoms with Crippen LogP contribution in [-0.4, -0.2) is 7.05 Å². The number of allylic oxidation sites excluding steroid dienone is 1. The maximum atomic E-state index is 3.81. The summed E-state index contributed by atoms with van der Waals surface area (Å²) in [5, 5.41) is 2.97. The van der Waals surface area contributed by atoms with Crippen LogP contribution in [0.15, 0.2) is 42.6 Å². The first-order valence-corrected chi connectivity index (χ1v) is 4.34. The molecule has 0 saturated heterocycles. The number of likely N-dealkylation sites (N-methyl/N-ethyl adjacent to an activating group) is 1. The van der Waals surface area contributed by atoms with Gasteiger partial charge < -0.3 is 5.32 Å². The molecular formula is C12H15N. The summed E-state index contributed by atoms with van der Waals surface area (Å²) in [6, 6.07) is 8.38. The molecule has 0 fully saturated rings. The normalized spacial score (nSPS) is 10.3. The second kappa shape index (κ2) is 4.51. The van der Waals surface area contributed by atoms with E-state index in [2.05, 4.69) is 43.1 Å². The molecule has 0 saturated carbocycles. The van der Waals surface area contributed by atoms with Gasteiger partial charge >= 0.3 is 0 Å². The van der Waals surface area contributed by atoms with Crippen LogP contribution in [0.1, 0.15) is 11.1 Å². The minimum absolute atomic E-state index is 0.917. The van der Waals surface area contributed by atoms with E-state index >= 15 is 0 Å². The molecule has 0 atom stereocenters. The quantitative estimate of drug-likeness (QED) is 0.693. The van der Waals surface area contributed by atoms with Gasteiger partial charge in [0.1, 0.15) is 0 Å². The van der Waals surface area contributed by atoms with Crippen LogP contribution < -0.4 is 5.32 Å². The summed E-state index contributed by atoms with van der Waals surface area (Å²) in [7, 11) is 1.86. The summed E-state index contributed by atoms with van der Waals surface area (Å²) in [5.74, 6) is 0. The highest BCUT2D eigenvalue weighted by Gasteiger charge is 1.86. The third-order valence-corrected chi connectivity index (χ3v) is 1.88. The van der Waals surface area contributed by atoms with Crippen LogP contribution in [0.5, 0.6) is 0 Å². The van der Waals surface area contributed by atoms with Gasteiger partial charge in [0.25, 0.3) is 0 Å². The molecule has 0 radical (unpaired) electrons. The Balaban J connectivity index is 2.69. The van der Waals surface area contributed by atoms with Crippen molar-refractivity contribution in [1.29, 1.82) is 0 Å². The Bertz CT molecular complexity index is 306. The smallest absolute Gasteiger partial charge is 0.0264 e. The summed E-state index contributed by atoms with van der Waals surface area (Å²) >= 11 is 0. The van der Waals surface area contributed by atoms with E-state index in [9.17, 15) is 0 Å². The number of nitrogens with one attached hydrogen (secondary N) is 1. The van der Waals surface area contributed by atoms with E-state index in [-0.39, 0.29) is 0 Å². The Morgan fingerprint density at radius 3 is 2.46 bits per heavy atom. The van der Waals surface area contributed by atoms with Crippen molar-refractivity contribution in [2.75, 3.05) is 7.05 Å². The minimum atomic E-state index is 0.917. The summed E-state index contributed by atoms with van der Waals surface area (Å²) in [4.78, 5) is 0. The number of aryl methyl sites for hydroxylation is 1. The average molecular weight is 173 g/mol.